The minimum atomic E-state index is -2.99. The summed E-state index contributed by atoms with van der Waals surface area (Å²) in [5, 5.41) is 0.993. The molecule has 0 spiro atoms. The molecule has 0 atom stereocenters. The first-order valence-corrected chi connectivity index (χ1v) is 8.72. The second-order valence-corrected chi connectivity index (χ2v) is 7.73. The molecule has 0 aromatic rings. The van der Waals surface area contributed by atoms with Crippen molar-refractivity contribution in [3.8, 4) is 0 Å². The Balaban J connectivity index is 2.45. The van der Waals surface area contributed by atoms with Gasteiger partial charge in [0.2, 0.25) is 10.0 Å². The molecule has 96 valence electrons. The summed E-state index contributed by atoms with van der Waals surface area (Å²) in [5.41, 5.74) is 0. The lowest BCUT2D eigenvalue weighted by Crippen LogP contribution is -2.40. The highest BCUT2D eigenvalue weighted by Crippen LogP contribution is 2.21. The molecule has 1 saturated heterocycles. The van der Waals surface area contributed by atoms with Crippen molar-refractivity contribution in [2.45, 2.75) is 33.1 Å². The minimum Gasteiger partial charge on any atom is -0.212 e. The molecule has 0 aromatic carbocycles. The predicted octanol–water partition coefficient (Wildman–Crippen LogP) is 2.47. The quantitative estimate of drug-likeness (QED) is 0.731. The highest BCUT2D eigenvalue weighted by Gasteiger charge is 2.27. The third-order valence-electron chi connectivity index (χ3n) is 3.14. The number of halogens is 1. The molecule has 0 saturated carbocycles. The Morgan fingerprint density at radius 2 is 1.88 bits per heavy atom. The van der Waals surface area contributed by atoms with E-state index in [1.54, 1.807) is 4.31 Å². The van der Waals surface area contributed by atoms with Gasteiger partial charge in [-0.05, 0) is 31.1 Å². The molecule has 0 aromatic heterocycles. The van der Waals surface area contributed by atoms with Gasteiger partial charge in [0.1, 0.15) is 0 Å². The number of hydrogen-bond acceptors (Lipinski definition) is 2. The fraction of sp³-hybridized carbons (Fsp3) is 1.00. The normalized spacial score (nSPS) is 20.5. The van der Waals surface area contributed by atoms with E-state index in [0.29, 0.717) is 30.7 Å². The molecule has 0 N–H and O–H groups in total. The number of hydrogen-bond donors (Lipinski definition) is 0. The van der Waals surface area contributed by atoms with Crippen molar-refractivity contribution >= 4 is 26.0 Å². The molecule has 1 aliphatic rings. The van der Waals surface area contributed by atoms with Crippen molar-refractivity contribution in [3.63, 3.8) is 0 Å². The van der Waals surface area contributed by atoms with E-state index < -0.39 is 10.0 Å². The molecule has 16 heavy (non-hydrogen) atoms. The van der Waals surface area contributed by atoms with Crippen LogP contribution in [0.4, 0.5) is 0 Å². The number of piperidine rings is 1. The Morgan fingerprint density at radius 3 is 2.31 bits per heavy atom. The fourth-order valence-electron chi connectivity index (χ4n) is 1.86. The van der Waals surface area contributed by atoms with Gasteiger partial charge in [-0.3, -0.25) is 0 Å². The topological polar surface area (TPSA) is 37.4 Å². The zero-order valence-corrected chi connectivity index (χ0v) is 12.6. The molecule has 0 bridgehead atoms. The van der Waals surface area contributed by atoms with Crippen LogP contribution in [-0.4, -0.2) is 36.9 Å². The van der Waals surface area contributed by atoms with Crippen LogP contribution in [0.1, 0.15) is 33.1 Å². The molecule has 0 radical (unpaired) electrons. The van der Waals surface area contributed by atoms with Gasteiger partial charge in [0.05, 0.1) is 5.75 Å². The van der Waals surface area contributed by atoms with Crippen LogP contribution >= 0.6 is 15.9 Å². The van der Waals surface area contributed by atoms with Gasteiger partial charge in [-0.2, -0.15) is 0 Å². The molecule has 1 aliphatic heterocycles. The molecule has 0 aliphatic carbocycles. The highest BCUT2D eigenvalue weighted by atomic mass is 79.9. The first-order chi connectivity index (χ1) is 7.45. The van der Waals surface area contributed by atoms with Crippen LogP contribution < -0.4 is 0 Å². The third kappa shape index (κ3) is 4.34. The molecule has 1 rings (SSSR count). The van der Waals surface area contributed by atoms with E-state index in [1.807, 2.05) is 0 Å². The van der Waals surface area contributed by atoms with E-state index in [-0.39, 0.29) is 0 Å². The van der Waals surface area contributed by atoms with Gasteiger partial charge in [-0.1, -0.05) is 29.8 Å². The lowest BCUT2D eigenvalue weighted by molar-refractivity contribution is 0.291. The Hall–Kier alpha value is 0.390. The van der Waals surface area contributed by atoms with E-state index in [0.717, 1.165) is 24.6 Å². The average Bonchev–Trinajstić information content (AvgIpc) is 2.27. The lowest BCUT2D eigenvalue weighted by atomic mass is 10.0. The lowest BCUT2D eigenvalue weighted by Gasteiger charge is -2.30. The Labute approximate surface area is 108 Å². The van der Waals surface area contributed by atoms with Gasteiger partial charge >= 0.3 is 0 Å². The van der Waals surface area contributed by atoms with Gasteiger partial charge in [-0.25, -0.2) is 12.7 Å². The zero-order chi connectivity index (χ0) is 12.2. The summed E-state index contributed by atoms with van der Waals surface area (Å²) < 4.78 is 25.7. The van der Waals surface area contributed by atoms with E-state index in [9.17, 15) is 8.42 Å². The molecule has 5 heteroatoms. The Bertz CT molecular complexity index is 295. The second-order valence-electron chi connectivity index (χ2n) is 5.00. The summed E-state index contributed by atoms with van der Waals surface area (Å²) in [6.07, 6.45) is 2.75. The van der Waals surface area contributed by atoms with E-state index in [2.05, 4.69) is 29.8 Å². The van der Waals surface area contributed by atoms with Crippen molar-refractivity contribution < 1.29 is 8.42 Å². The predicted molar refractivity (Wildman–Crippen MR) is 71.3 cm³/mol. The zero-order valence-electron chi connectivity index (χ0n) is 10.2. The Kier molecular flexibility index (Phi) is 5.74. The van der Waals surface area contributed by atoms with Crippen molar-refractivity contribution in [3.05, 3.63) is 0 Å². The van der Waals surface area contributed by atoms with Gasteiger partial charge in [0, 0.05) is 18.4 Å². The molecular weight excluding hydrogens is 290 g/mol. The second kappa shape index (κ2) is 6.36. The van der Waals surface area contributed by atoms with Crippen LogP contribution in [-0.2, 0) is 10.0 Å². The van der Waals surface area contributed by atoms with Crippen molar-refractivity contribution in [1.29, 1.82) is 0 Å². The first-order valence-electron chi connectivity index (χ1n) is 5.99. The molecule has 0 amide bonds. The minimum absolute atomic E-state index is 0.309. The van der Waals surface area contributed by atoms with Crippen LogP contribution in [0.5, 0.6) is 0 Å². The molecule has 1 fully saturated rings. The van der Waals surface area contributed by atoms with Crippen LogP contribution in [0, 0.1) is 11.8 Å². The standard InChI is InChI=1S/C11H22BrNO2S/c1-10(2)5-8-16(14,15)13-6-3-11(9-12)4-7-13/h10-11H,3-9H2,1-2H3. The summed E-state index contributed by atoms with van der Waals surface area (Å²) in [5.74, 6) is 1.41. The summed E-state index contributed by atoms with van der Waals surface area (Å²) in [6, 6.07) is 0. The SMILES string of the molecule is CC(C)CCS(=O)(=O)N1CCC(CBr)CC1. The third-order valence-corrected chi connectivity index (χ3v) is 5.96. The van der Waals surface area contributed by atoms with Gasteiger partial charge < -0.3 is 0 Å². The first kappa shape index (κ1) is 14.5. The van der Waals surface area contributed by atoms with E-state index in [4.69, 9.17) is 0 Å². The van der Waals surface area contributed by atoms with Gasteiger partial charge in [0.25, 0.3) is 0 Å². The highest BCUT2D eigenvalue weighted by molar-refractivity contribution is 9.09. The largest absolute Gasteiger partial charge is 0.214 e. The Morgan fingerprint density at radius 1 is 1.31 bits per heavy atom. The monoisotopic (exact) mass is 311 g/mol. The van der Waals surface area contributed by atoms with Crippen molar-refractivity contribution in [2.24, 2.45) is 11.8 Å². The van der Waals surface area contributed by atoms with E-state index >= 15 is 0 Å². The maximum absolute atomic E-state index is 12.0. The van der Waals surface area contributed by atoms with Crippen LogP contribution in [0.2, 0.25) is 0 Å². The molecule has 1 heterocycles. The number of nitrogens with zero attached hydrogens (tertiary/aromatic N) is 1. The van der Waals surface area contributed by atoms with Gasteiger partial charge in [0.15, 0.2) is 0 Å². The van der Waals surface area contributed by atoms with Crippen LogP contribution in [0.3, 0.4) is 0 Å². The summed E-state index contributed by atoms with van der Waals surface area (Å²) in [7, 11) is -2.99. The maximum Gasteiger partial charge on any atom is 0.214 e. The molecular formula is C11H22BrNO2S. The summed E-state index contributed by atoms with van der Waals surface area (Å²) in [4.78, 5) is 0. The number of sulfonamides is 1. The van der Waals surface area contributed by atoms with Crippen molar-refractivity contribution in [1.82, 2.24) is 4.31 Å². The maximum atomic E-state index is 12.0. The fourth-order valence-corrected chi connectivity index (χ4v) is 4.30. The number of alkyl halides is 1. The smallest absolute Gasteiger partial charge is 0.212 e. The van der Waals surface area contributed by atoms with Crippen LogP contribution in [0.15, 0.2) is 0 Å². The van der Waals surface area contributed by atoms with Crippen LogP contribution in [0.25, 0.3) is 0 Å². The summed E-state index contributed by atoms with van der Waals surface area (Å²) in [6.45, 7) is 5.53. The number of rotatable bonds is 5. The molecule has 3 nitrogen and oxygen atoms in total. The van der Waals surface area contributed by atoms with E-state index in [1.165, 1.54) is 0 Å². The molecule has 0 unspecified atom stereocenters. The average molecular weight is 312 g/mol. The van der Waals surface area contributed by atoms with Gasteiger partial charge in [-0.15, -0.1) is 0 Å². The summed E-state index contributed by atoms with van der Waals surface area (Å²) >= 11 is 3.46. The van der Waals surface area contributed by atoms with Crippen molar-refractivity contribution in [2.75, 3.05) is 24.2 Å².